The molecule has 25 heavy (non-hydrogen) atoms. The average molecular weight is 367 g/mol. The fraction of sp³-hybridized carbons (Fsp3) is 0.375. The molecule has 0 saturated carbocycles. The van der Waals surface area contributed by atoms with Crippen LogP contribution in [0, 0.1) is 0 Å². The van der Waals surface area contributed by atoms with Gasteiger partial charge in [0.05, 0.1) is 0 Å². The third-order valence-electron chi connectivity index (χ3n) is 3.11. The molecule has 0 saturated heterocycles. The number of thioether (sulfide) groups is 1. The summed E-state index contributed by atoms with van der Waals surface area (Å²) in [5, 5.41) is 4.82. The van der Waals surface area contributed by atoms with Crippen LogP contribution in [-0.4, -0.2) is 48.3 Å². The van der Waals surface area contributed by atoms with E-state index in [9.17, 15) is 19.2 Å². The maximum atomic E-state index is 12.0. The molecule has 0 bridgehead atoms. The topological polar surface area (TPSA) is 128 Å². The Hall–Kier alpha value is -2.55. The average Bonchev–Trinajstić information content (AvgIpc) is 2.56. The van der Waals surface area contributed by atoms with Gasteiger partial charge in [0.2, 0.25) is 0 Å². The molecule has 4 N–H and O–H groups in total. The molecule has 0 aliphatic carbocycles. The van der Waals surface area contributed by atoms with Gasteiger partial charge >= 0.3 is 12.0 Å². The summed E-state index contributed by atoms with van der Waals surface area (Å²) in [5.74, 6) is -0.807. The van der Waals surface area contributed by atoms with Crippen molar-refractivity contribution >= 4 is 41.1 Å². The van der Waals surface area contributed by atoms with Crippen LogP contribution in [0.2, 0.25) is 0 Å². The second-order valence-corrected chi connectivity index (χ2v) is 6.12. The Labute approximate surface area is 149 Å². The van der Waals surface area contributed by atoms with Gasteiger partial charge in [-0.15, -0.1) is 0 Å². The Bertz CT molecular complexity index is 650. The number of primary amides is 1. The SMILES string of the molecule is CSCC[C@H](NC(N)=O)C(=O)OCC(=O)Nc1cccc(C(C)=O)c1. The zero-order valence-electron chi connectivity index (χ0n) is 14.0. The molecule has 1 rings (SSSR count). The number of carbonyl (C=O) groups excluding carboxylic acids is 4. The van der Waals surface area contributed by atoms with E-state index in [0.29, 0.717) is 23.4 Å². The van der Waals surface area contributed by atoms with Crippen molar-refractivity contribution in [3.63, 3.8) is 0 Å². The highest BCUT2D eigenvalue weighted by molar-refractivity contribution is 7.98. The fourth-order valence-corrected chi connectivity index (χ4v) is 2.38. The summed E-state index contributed by atoms with van der Waals surface area (Å²) in [6.07, 6.45) is 2.19. The number of benzene rings is 1. The van der Waals surface area contributed by atoms with E-state index in [1.807, 2.05) is 6.26 Å². The molecule has 1 aromatic carbocycles. The van der Waals surface area contributed by atoms with Crippen molar-refractivity contribution in [1.29, 1.82) is 0 Å². The van der Waals surface area contributed by atoms with Crippen LogP contribution in [0.15, 0.2) is 24.3 Å². The Balaban J connectivity index is 2.56. The minimum atomic E-state index is -0.904. The molecule has 0 radical (unpaired) electrons. The Kier molecular flexibility index (Phi) is 8.48. The predicted octanol–water partition coefficient (Wildman–Crippen LogP) is 1.16. The van der Waals surface area contributed by atoms with E-state index in [1.165, 1.54) is 24.8 Å². The van der Waals surface area contributed by atoms with Crippen LogP contribution in [0.4, 0.5) is 10.5 Å². The molecule has 1 atom stereocenters. The van der Waals surface area contributed by atoms with Crippen molar-refractivity contribution in [3.8, 4) is 0 Å². The second-order valence-electron chi connectivity index (χ2n) is 5.14. The summed E-state index contributed by atoms with van der Waals surface area (Å²) in [4.78, 5) is 46.1. The predicted molar refractivity (Wildman–Crippen MR) is 95.5 cm³/mol. The van der Waals surface area contributed by atoms with Gasteiger partial charge in [0, 0.05) is 11.3 Å². The molecule has 136 valence electrons. The minimum Gasteiger partial charge on any atom is -0.454 e. The third kappa shape index (κ3) is 7.71. The number of nitrogens with one attached hydrogen (secondary N) is 2. The molecule has 9 heteroatoms. The van der Waals surface area contributed by atoms with E-state index >= 15 is 0 Å². The van der Waals surface area contributed by atoms with Crippen molar-refractivity contribution in [2.45, 2.75) is 19.4 Å². The lowest BCUT2D eigenvalue weighted by Gasteiger charge is -2.16. The van der Waals surface area contributed by atoms with E-state index in [1.54, 1.807) is 18.2 Å². The molecular formula is C16H21N3O5S. The first kappa shape index (κ1) is 20.5. The summed E-state index contributed by atoms with van der Waals surface area (Å²) < 4.78 is 4.92. The number of ether oxygens (including phenoxy) is 1. The van der Waals surface area contributed by atoms with Crippen LogP contribution in [0.3, 0.4) is 0 Å². The van der Waals surface area contributed by atoms with Crippen molar-refractivity contribution < 1.29 is 23.9 Å². The summed E-state index contributed by atoms with van der Waals surface area (Å²) in [6, 6.07) is 4.66. The number of carbonyl (C=O) groups is 4. The zero-order chi connectivity index (χ0) is 18.8. The lowest BCUT2D eigenvalue weighted by molar-refractivity contribution is -0.149. The third-order valence-corrected chi connectivity index (χ3v) is 3.75. The van der Waals surface area contributed by atoms with Crippen LogP contribution in [0.25, 0.3) is 0 Å². The standard InChI is InChI=1S/C16H21N3O5S/c1-10(20)11-4-3-5-12(8-11)18-14(21)9-24-15(22)13(6-7-25-2)19-16(17)23/h3-5,8,13H,6-7,9H2,1-2H3,(H,18,21)(H3,17,19,23)/t13-/m0/s1. The van der Waals surface area contributed by atoms with Gasteiger partial charge in [0.1, 0.15) is 6.04 Å². The number of nitrogens with two attached hydrogens (primary N) is 1. The molecule has 0 aliphatic heterocycles. The summed E-state index contributed by atoms with van der Waals surface area (Å²) in [7, 11) is 0. The normalized spacial score (nSPS) is 11.3. The maximum Gasteiger partial charge on any atom is 0.329 e. The number of rotatable bonds is 9. The smallest absolute Gasteiger partial charge is 0.329 e. The van der Waals surface area contributed by atoms with E-state index < -0.39 is 30.6 Å². The monoisotopic (exact) mass is 367 g/mol. The van der Waals surface area contributed by atoms with E-state index in [2.05, 4.69) is 10.6 Å². The number of Topliss-reactive ketones (excluding diaryl/α,β-unsaturated/α-hetero) is 1. The Morgan fingerprint density at radius 1 is 1.28 bits per heavy atom. The van der Waals surface area contributed by atoms with Crippen LogP contribution < -0.4 is 16.4 Å². The number of ketones is 1. The van der Waals surface area contributed by atoms with Crippen LogP contribution in [-0.2, 0) is 14.3 Å². The largest absolute Gasteiger partial charge is 0.454 e. The molecule has 0 aliphatic rings. The highest BCUT2D eigenvalue weighted by Gasteiger charge is 2.21. The van der Waals surface area contributed by atoms with Gasteiger partial charge in [-0.05, 0) is 37.5 Å². The number of urea groups is 1. The molecule has 0 aromatic heterocycles. The molecule has 3 amide bonds. The van der Waals surface area contributed by atoms with Crippen molar-refractivity contribution in [2.75, 3.05) is 23.9 Å². The van der Waals surface area contributed by atoms with Crippen LogP contribution in [0.1, 0.15) is 23.7 Å². The summed E-state index contributed by atoms with van der Waals surface area (Å²) in [6.45, 7) is 0.905. The highest BCUT2D eigenvalue weighted by Crippen LogP contribution is 2.11. The first-order valence-electron chi connectivity index (χ1n) is 7.46. The molecule has 0 unspecified atom stereocenters. The van der Waals surface area contributed by atoms with Crippen LogP contribution in [0.5, 0.6) is 0 Å². The van der Waals surface area contributed by atoms with Gasteiger partial charge in [-0.1, -0.05) is 12.1 Å². The van der Waals surface area contributed by atoms with Gasteiger partial charge in [-0.25, -0.2) is 9.59 Å². The summed E-state index contributed by atoms with van der Waals surface area (Å²) in [5.41, 5.74) is 5.90. The van der Waals surface area contributed by atoms with Crippen LogP contribution >= 0.6 is 11.8 Å². The van der Waals surface area contributed by atoms with Crippen molar-refractivity contribution in [3.05, 3.63) is 29.8 Å². The minimum absolute atomic E-state index is 0.128. The number of hydrogen-bond donors (Lipinski definition) is 3. The van der Waals surface area contributed by atoms with E-state index in [4.69, 9.17) is 10.5 Å². The fourth-order valence-electron chi connectivity index (χ4n) is 1.91. The Morgan fingerprint density at radius 2 is 2.00 bits per heavy atom. The molecular weight excluding hydrogens is 346 g/mol. The highest BCUT2D eigenvalue weighted by atomic mass is 32.2. The first-order chi connectivity index (χ1) is 11.8. The van der Waals surface area contributed by atoms with Gasteiger partial charge in [0.25, 0.3) is 5.91 Å². The molecule has 8 nitrogen and oxygen atoms in total. The first-order valence-corrected chi connectivity index (χ1v) is 8.85. The number of hydrogen-bond acceptors (Lipinski definition) is 6. The second kappa shape index (κ2) is 10.3. The van der Waals surface area contributed by atoms with Gasteiger partial charge in [-0.2, -0.15) is 11.8 Å². The lowest BCUT2D eigenvalue weighted by Crippen LogP contribution is -2.45. The molecule has 0 spiro atoms. The van der Waals surface area contributed by atoms with E-state index in [-0.39, 0.29) is 5.78 Å². The maximum absolute atomic E-state index is 12.0. The molecule has 1 aromatic rings. The number of esters is 1. The molecule has 0 heterocycles. The van der Waals surface area contributed by atoms with Gasteiger partial charge < -0.3 is 21.1 Å². The lowest BCUT2D eigenvalue weighted by atomic mass is 10.1. The number of anilines is 1. The van der Waals surface area contributed by atoms with Gasteiger partial charge in [-0.3, -0.25) is 9.59 Å². The molecule has 0 fully saturated rings. The summed E-state index contributed by atoms with van der Waals surface area (Å²) >= 11 is 1.50. The Morgan fingerprint density at radius 3 is 2.60 bits per heavy atom. The quantitative estimate of drug-likeness (QED) is 0.444. The van der Waals surface area contributed by atoms with Crippen molar-refractivity contribution in [2.24, 2.45) is 5.73 Å². The van der Waals surface area contributed by atoms with Gasteiger partial charge in [0.15, 0.2) is 12.4 Å². The van der Waals surface area contributed by atoms with Crippen molar-refractivity contribution in [1.82, 2.24) is 5.32 Å². The zero-order valence-corrected chi connectivity index (χ0v) is 14.9. The van der Waals surface area contributed by atoms with E-state index in [0.717, 1.165) is 0 Å². The number of amides is 3.